The van der Waals surface area contributed by atoms with E-state index < -0.39 is 0 Å². The molecule has 128 valence electrons. The molecule has 0 saturated heterocycles. The summed E-state index contributed by atoms with van der Waals surface area (Å²) in [6.45, 7) is 0.397. The smallest absolute Gasteiger partial charge is 0.253 e. The number of nitrogens with one attached hydrogen (secondary N) is 1. The molecule has 5 nitrogen and oxygen atoms in total. The zero-order valence-corrected chi connectivity index (χ0v) is 14.5. The summed E-state index contributed by atoms with van der Waals surface area (Å²) < 4.78 is 1.96. The maximum absolute atomic E-state index is 12.5. The highest BCUT2D eigenvalue weighted by atomic mass is 35.5. The molecule has 2 heterocycles. The van der Waals surface area contributed by atoms with Gasteiger partial charge in [-0.05, 0) is 36.6 Å². The summed E-state index contributed by atoms with van der Waals surface area (Å²) >= 11 is 6.14. The standard InChI is InChI=1S/C19H19ClN4O/c20-16-8-4-3-7-14(16)11-21-19(25)15-9-10-17-22-23-18(24(17)12-15)13-5-1-2-6-13/h3-4,7-10,12-13H,1-2,5-6,11H2,(H,21,25). The molecule has 0 bridgehead atoms. The van der Waals surface area contributed by atoms with Crippen molar-refractivity contribution in [3.05, 3.63) is 64.6 Å². The van der Waals surface area contributed by atoms with Crippen LogP contribution in [0.1, 0.15) is 53.3 Å². The highest BCUT2D eigenvalue weighted by molar-refractivity contribution is 6.31. The van der Waals surface area contributed by atoms with Crippen LogP contribution in [0.4, 0.5) is 0 Å². The first kappa shape index (κ1) is 16.1. The van der Waals surface area contributed by atoms with Gasteiger partial charge in [0.2, 0.25) is 0 Å². The lowest BCUT2D eigenvalue weighted by molar-refractivity contribution is 0.0950. The molecular formula is C19H19ClN4O. The van der Waals surface area contributed by atoms with Crippen LogP contribution in [0.25, 0.3) is 5.65 Å². The molecule has 4 rings (SSSR count). The van der Waals surface area contributed by atoms with Crippen molar-refractivity contribution in [1.82, 2.24) is 19.9 Å². The summed E-state index contributed by atoms with van der Waals surface area (Å²) in [7, 11) is 0. The Morgan fingerprint density at radius 1 is 1.16 bits per heavy atom. The Hall–Kier alpha value is -2.40. The van der Waals surface area contributed by atoms with Crippen molar-refractivity contribution in [3.8, 4) is 0 Å². The SMILES string of the molecule is O=C(NCc1ccccc1Cl)c1ccc2nnc(C3CCCC3)n2c1. The van der Waals surface area contributed by atoms with Crippen LogP contribution in [0, 0.1) is 0 Å². The number of halogens is 1. The highest BCUT2D eigenvalue weighted by Crippen LogP contribution is 2.33. The van der Waals surface area contributed by atoms with Crippen LogP contribution in [0.3, 0.4) is 0 Å². The molecule has 1 aliphatic rings. The van der Waals surface area contributed by atoms with E-state index in [1.807, 2.05) is 40.9 Å². The molecule has 2 aromatic heterocycles. The lowest BCUT2D eigenvalue weighted by Crippen LogP contribution is -2.23. The van der Waals surface area contributed by atoms with Gasteiger partial charge in [0, 0.05) is 23.7 Å². The predicted octanol–water partition coefficient (Wildman–Crippen LogP) is 3.97. The van der Waals surface area contributed by atoms with Gasteiger partial charge in [0.25, 0.3) is 5.91 Å². The van der Waals surface area contributed by atoms with Gasteiger partial charge >= 0.3 is 0 Å². The summed E-state index contributed by atoms with van der Waals surface area (Å²) in [5, 5.41) is 12.2. The van der Waals surface area contributed by atoms with E-state index in [9.17, 15) is 4.79 Å². The van der Waals surface area contributed by atoms with Crippen molar-refractivity contribution in [2.75, 3.05) is 0 Å². The van der Waals surface area contributed by atoms with E-state index in [2.05, 4.69) is 15.5 Å². The van der Waals surface area contributed by atoms with Gasteiger partial charge < -0.3 is 5.32 Å². The van der Waals surface area contributed by atoms with Crippen LogP contribution in [-0.4, -0.2) is 20.5 Å². The molecule has 1 aliphatic carbocycles. The van der Waals surface area contributed by atoms with Crippen LogP contribution in [-0.2, 0) is 6.54 Å². The van der Waals surface area contributed by atoms with Crippen LogP contribution in [0.2, 0.25) is 5.02 Å². The van der Waals surface area contributed by atoms with Crippen molar-refractivity contribution in [2.24, 2.45) is 0 Å². The van der Waals surface area contributed by atoms with Crippen molar-refractivity contribution in [1.29, 1.82) is 0 Å². The Kier molecular flexibility index (Phi) is 4.40. The molecule has 0 aliphatic heterocycles. The fourth-order valence-electron chi connectivity index (χ4n) is 3.42. The van der Waals surface area contributed by atoms with Crippen molar-refractivity contribution < 1.29 is 4.79 Å². The third kappa shape index (κ3) is 3.24. The molecule has 1 amide bonds. The van der Waals surface area contributed by atoms with Gasteiger partial charge in [-0.2, -0.15) is 0 Å². The monoisotopic (exact) mass is 354 g/mol. The molecule has 0 spiro atoms. The van der Waals surface area contributed by atoms with Gasteiger partial charge in [-0.3, -0.25) is 9.20 Å². The Labute approximate surface area is 151 Å². The predicted molar refractivity (Wildman–Crippen MR) is 96.8 cm³/mol. The number of hydrogen-bond acceptors (Lipinski definition) is 3. The Balaban J connectivity index is 1.55. The van der Waals surface area contributed by atoms with Crippen molar-refractivity contribution in [3.63, 3.8) is 0 Å². The van der Waals surface area contributed by atoms with Gasteiger partial charge in [0.1, 0.15) is 5.82 Å². The summed E-state index contributed by atoms with van der Waals surface area (Å²) in [4.78, 5) is 12.5. The summed E-state index contributed by atoms with van der Waals surface area (Å²) in [6.07, 6.45) is 6.59. The van der Waals surface area contributed by atoms with Gasteiger partial charge in [-0.1, -0.05) is 42.6 Å². The quantitative estimate of drug-likeness (QED) is 0.771. The summed E-state index contributed by atoms with van der Waals surface area (Å²) in [6, 6.07) is 11.1. The Bertz CT molecular complexity index is 915. The van der Waals surface area contributed by atoms with E-state index in [0.717, 1.165) is 29.9 Å². The van der Waals surface area contributed by atoms with Crippen LogP contribution >= 0.6 is 11.6 Å². The number of nitrogens with zero attached hydrogens (tertiary/aromatic N) is 3. The fourth-order valence-corrected chi connectivity index (χ4v) is 3.63. The number of benzene rings is 1. The van der Waals surface area contributed by atoms with Crippen LogP contribution < -0.4 is 5.32 Å². The number of aromatic nitrogens is 3. The zero-order valence-electron chi connectivity index (χ0n) is 13.8. The topological polar surface area (TPSA) is 59.3 Å². The van der Waals surface area contributed by atoms with E-state index in [4.69, 9.17) is 11.6 Å². The van der Waals surface area contributed by atoms with Gasteiger partial charge in [-0.25, -0.2) is 0 Å². The average molecular weight is 355 g/mol. The number of rotatable bonds is 4. The average Bonchev–Trinajstić information content (AvgIpc) is 3.29. The van der Waals surface area contributed by atoms with E-state index >= 15 is 0 Å². The molecule has 25 heavy (non-hydrogen) atoms. The first-order valence-electron chi connectivity index (χ1n) is 8.58. The van der Waals surface area contributed by atoms with Gasteiger partial charge in [-0.15, -0.1) is 10.2 Å². The first-order chi connectivity index (χ1) is 12.2. The lowest BCUT2D eigenvalue weighted by Gasteiger charge is -2.09. The Morgan fingerprint density at radius 2 is 1.96 bits per heavy atom. The van der Waals surface area contributed by atoms with E-state index in [-0.39, 0.29) is 5.91 Å². The molecule has 1 saturated carbocycles. The lowest BCUT2D eigenvalue weighted by atomic mass is 10.1. The van der Waals surface area contributed by atoms with Gasteiger partial charge in [0.15, 0.2) is 5.65 Å². The molecule has 1 N–H and O–H groups in total. The van der Waals surface area contributed by atoms with Crippen molar-refractivity contribution >= 4 is 23.2 Å². The minimum absolute atomic E-state index is 0.132. The van der Waals surface area contributed by atoms with Gasteiger partial charge in [0.05, 0.1) is 5.56 Å². The minimum atomic E-state index is -0.132. The van der Waals surface area contributed by atoms with E-state index in [0.29, 0.717) is 23.0 Å². The van der Waals surface area contributed by atoms with Crippen LogP contribution in [0.15, 0.2) is 42.6 Å². The van der Waals surface area contributed by atoms with Crippen LogP contribution in [0.5, 0.6) is 0 Å². The summed E-state index contributed by atoms with van der Waals surface area (Å²) in [5.41, 5.74) is 2.28. The largest absolute Gasteiger partial charge is 0.348 e. The number of carbonyl (C=O) groups excluding carboxylic acids is 1. The molecule has 0 unspecified atom stereocenters. The molecule has 1 aromatic carbocycles. The molecule has 6 heteroatoms. The second-order valence-electron chi connectivity index (χ2n) is 6.46. The third-order valence-electron chi connectivity index (χ3n) is 4.81. The number of carbonyl (C=O) groups is 1. The minimum Gasteiger partial charge on any atom is -0.348 e. The molecule has 1 fully saturated rings. The fraction of sp³-hybridized carbons (Fsp3) is 0.316. The molecule has 3 aromatic rings. The third-order valence-corrected chi connectivity index (χ3v) is 5.18. The maximum atomic E-state index is 12.5. The van der Waals surface area contributed by atoms with E-state index in [1.54, 1.807) is 6.07 Å². The number of amides is 1. The molecule has 0 atom stereocenters. The zero-order chi connectivity index (χ0) is 17.2. The second-order valence-corrected chi connectivity index (χ2v) is 6.87. The Morgan fingerprint density at radius 3 is 2.76 bits per heavy atom. The number of pyridine rings is 1. The highest BCUT2D eigenvalue weighted by Gasteiger charge is 2.22. The molecular weight excluding hydrogens is 336 g/mol. The maximum Gasteiger partial charge on any atom is 0.253 e. The second kappa shape index (κ2) is 6.84. The number of hydrogen-bond donors (Lipinski definition) is 1. The van der Waals surface area contributed by atoms with E-state index in [1.165, 1.54) is 12.8 Å². The van der Waals surface area contributed by atoms with Crippen molar-refractivity contribution in [2.45, 2.75) is 38.1 Å². The number of fused-ring (bicyclic) bond motifs is 1. The molecule has 0 radical (unpaired) electrons. The normalized spacial score (nSPS) is 14.9. The summed E-state index contributed by atoms with van der Waals surface area (Å²) in [5.74, 6) is 1.28. The first-order valence-corrected chi connectivity index (χ1v) is 8.96.